The summed E-state index contributed by atoms with van der Waals surface area (Å²) in [6.45, 7) is 2.90. The Morgan fingerprint density at radius 3 is 3.00 bits per heavy atom. The number of aromatic nitrogens is 2. The highest BCUT2D eigenvalue weighted by atomic mass is 32.1. The van der Waals surface area contributed by atoms with Gasteiger partial charge in [0.05, 0.1) is 24.0 Å². The Balaban J connectivity index is 1.65. The maximum absolute atomic E-state index is 12.3. The summed E-state index contributed by atoms with van der Waals surface area (Å²) in [7, 11) is 0. The molecule has 2 heterocycles. The van der Waals surface area contributed by atoms with E-state index < -0.39 is 0 Å². The first-order chi connectivity index (χ1) is 12.2. The fraction of sp³-hybridized carbons (Fsp3) is 0.278. The molecule has 1 N–H and O–H groups in total. The first-order valence-corrected chi connectivity index (χ1v) is 9.01. The molecule has 0 aliphatic carbocycles. The van der Waals surface area contributed by atoms with Crippen molar-refractivity contribution in [2.75, 3.05) is 11.9 Å². The van der Waals surface area contributed by atoms with Gasteiger partial charge in [0, 0.05) is 13.0 Å². The van der Waals surface area contributed by atoms with Gasteiger partial charge in [-0.25, -0.2) is 4.98 Å². The number of thiophene rings is 1. The molecule has 0 aliphatic rings. The SMILES string of the molecule is CCCOc1ccccc1NC(=O)CCn1cnc2sccc2c1=O. The van der Waals surface area contributed by atoms with E-state index in [1.165, 1.54) is 22.2 Å². The number of benzene rings is 1. The molecule has 0 aliphatic heterocycles. The minimum atomic E-state index is -0.176. The normalized spacial score (nSPS) is 10.8. The number of hydrogen-bond donors (Lipinski definition) is 1. The summed E-state index contributed by atoms with van der Waals surface area (Å²) in [4.78, 5) is 29.5. The van der Waals surface area contributed by atoms with E-state index in [0.29, 0.717) is 28.3 Å². The summed E-state index contributed by atoms with van der Waals surface area (Å²) in [5, 5.41) is 5.27. The molecule has 0 spiro atoms. The number of ether oxygens (including phenoxy) is 1. The van der Waals surface area contributed by atoms with E-state index >= 15 is 0 Å². The van der Waals surface area contributed by atoms with Crippen molar-refractivity contribution < 1.29 is 9.53 Å². The third-order valence-electron chi connectivity index (χ3n) is 3.65. The van der Waals surface area contributed by atoms with E-state index in [0.717, 1.165) is 6.42 Å². The van der Waals surface area contributed by atoms with Crippen molar-refractivity contribution in [3.05, 3.63) is 52.4 Å². The highest BCUT2D eigenvalue weighted by Gasteiger charge is 2.10. The van der Waals surface area contributed by atoms with Gasteiger partial charge in [0.15, 0.2) is 0 Å². The highest BCUT2D eigenvalue weighted by Crippen LogP contribution is 2.24. The van der Waals surface area contributed by atoms with Crippen molar-refractivity contribution >= 4 is 33.1 Å². The third-order valence-corrected chi connectivity index (χ3v) is 4.47. The van der Waals surface area contributed by atoms with Crippen molar-refractivity contribution in [3.8, 4) is 5.75 Å². The molecule has 7 heteroatoms. The average Bonchev–Trinajstić information content (AvgIpc) is 3.10. The zero-order valence-electron chi connectivity index (χ0n) is 13.9. The lowest BCUT2D eigenvalue weighted by Crippen LogP contribution is -2.23. The average molecular weight is 357 g/mol. The molecule has 1 aromatic carbocycles. The summed E-state index contributed by atoms with van der Waals surface area (Å²) in [6, 6.07) is 9.08. The Labute approximate surface area is 149 Å². The standard InChI is InChI=1S/C18H19N3O3S/c1-2-10-24-15-6-4-3-5-14(15)20-16(22)7-9-21-12-19-17-13(18(21)23)8-11-25-17/h3-6,8,11-12H,2,7,9-10H2,1H3,(H,20,22). The molecule has 130 valence electrons. The van der Waals surface area contributed by atoms with E-state index in [1.54, 1.807) is 12.1 Å². The van der Waals surface area contributed by atoms with E-state index in [2.05, 4.69) is 10.3 Å². The first kappa shape index (κ1) is 17.2. The van der Waals surface area contributed by atoms with Crippen LogP contribution in [0, 0.1) is 0 Å². The zero-order chi connectivity index (χ0) is 17.6. The predicted molar refractivity (Wildman–Crippen MR) is 99.4 cm³/mol. The van der Waals surface area contributed by atoms with E-state index in [1.807, 2.05) is 30.5 Å². The molecule has 0 saturated heterocycles. The van der Waals surface area contributed by atoms with Crippen molar-refractivity contribution in [2.24, 2.45) is 0 Å². The van der Waals surface area contributed by atoms with E-state index in [9.17, 15) is 9.59 Å². The van der Waals surface area contributed by atoms with Crippen LogP contribution in [0.4, 0.5) is 5.69 Å². The van der Waals surface area contributed by atoms with Crippen LogP contribution in [-0.4, -0.2) is 22.1 Å². The quantitative estimate of drug-likeness (QED) is 0.704. The Kier molecular flexibility index (Phi) is 5.45. The van der Waals surface area contributed by atoms with Crippen molar-refractivity contribution in [3.63, 3.8) is 0 Å². The van der Waals surface area contributed by atoms with Gasteiger partial charge >= 0.3 is 0 Å². The summed E-state index contributed by atoms with van der Waals surface area (Å²) in [6.07, 6.45) is 2.56. The van der Waals surface area contributed by atoms with Crippen LogP contribution in [0.1, 0.15) is 19.8 Å². The second-order valence-electron chi connectivity index (χ2n) is 5.53. The monoisotopic (exact) mass is 357 g/mol. The van der Waals surface area contributed by atoms with Crippen LogP contribution >= 0.6 is 11.3 Å². The number of fused-ring (bicyclic) bond motifs is 1. The number of aryl methyl sites for hydroxylation is 1. The maximum atomic E-state index is 12.3. The fourth-order valence-corrected chi connectivity index (χ4v) is 3.12. The lowest BCUT2D eigenvalue weighted by molar-refractivity contribution is -0.116. The second kappa shape index (κ2) is 7.94. The van der Waals surface area contributed by atoms with Gasteiger partial charge in [0.25, 0.3) is 5.56 Å². The van der Waals surface area contributed by atoms with Gasteiger partial charge in [-0.1, -0.05) is 19.1 Å². The van der Waals surface area contributed by atoms with E-state index in [4.69, 9.17) is 4.74 Å². The van der Waals surface area contributed by atoms with Crippen LogP contribution in [0.15, 0.2) is 46.8 Å². The van der Waals surface area contributed by atoms with Gasteiger partial charge in [-0.2, -0.15) is 0 Å². The van der Waals surface area contributed by atoms with Crippen molar-refractivity contribution in [1.29, 1.82) is 0 Å². The number of amides is 1. The van der Waals surface area contributed by atoms with Crippen molar-refractivity contribution in [1.82, 2.24) is 9.55 Å². The Hall–Kier alpha value is -2.67. The summed E-state index contributed by atoms with van der Waals surface area (Å²) >= 11 is 1.43. The summed E-state index contributed by atoms with van der Waals surface area (Å²) in [5.74, 6) is 0.473. The molecule has 0 fully saturated rings. The van der Waals surface area contributed by atoms with E-state index in [-0.39, 0.29) is 24.4 Å². The Morgan fingerprint density at radius 2 is 2.16 bits per heavy atom. The number of nitrogens with one attached hydrogen (secondary N) is 1. The molecule has 3 rings (SSSR count). The van der Waals surface area contributed by atoms with Gasteiger partial charge in [-0.05, 0) is 30.0 Å². The molecule has 0 unspecified atom stereocenters. The molecule has 0 bridgehead atoms. The predicted octanol–water partition coefficient (Wildman–Crippen LogP) is 3.28. The molecule has 25 heavy (non-hydrogen) atoms. The van der Waals surface area contributed by atoms with Crippen LogP contribution < -0.4 is 15.6 Å². The molecule has 1 amide bonds. The third kappa shape index (κ3) is 4.06. The zero-order valence-corrected chi connectivity index (χ0v) is 14.7. The lowest BCUT2D eigenvalue weighted by atomic mass is 10.2. The first-order valence-electron chi connectivity index (χ1n) is 8.13. The minimum Gasteiger partial charge on any atom is -0.491 e. The summed E-state index contributed by atoms with van der Waals surface area (Å²) < 4.78 is 7.10. The molecular formula is C18H19N3O3S. The van der Waals surface area contributed by atoms with Gasteiger partial charge in [0.1, 0.15) is 10.6 Å². The second-order valence-corrected chi connectivity index (χ2v) is 6.42. The maximum Gasteiger partial charge on any atom is 0.262 e. The molecule has 3 aromatic rings. The van der Waals surface area contributed by atoms with Crippen LogP contribution in [0.3, 0.4) is 0 Å². The van der Waals surface area contributed by atoms with Crippen LogP contribution in [0.5, 0.6) is 5.75 Å². The van der Waals surface area contributed by atoms with Crippen LogP contribution in [0.25, 0.3) is 10.2 Å². The number of nitrogens with zero attached hydrogens (tertiary/aromatic N) is 2. The molecule has 6 nitrogen and oxygen atoms in total. The van der Waals surface area contributed by atoms with Gasteiger partial charge in [-0.15, -0.1) is 11.3 Å². The Morgan fingerprint density at radius 1 is 1.32 bits per heavy atom. The minimum absolute atomic E-state index is 0.120. The number of rotatable bonds is 7. The molecule has 2 aromatic heterocycles. The highest BCUT2D eigenvalue weighted by molar-refractivity contribution is 7.16. The largest absolute Gasteiger partial charge is 0.491 e. The fourth-order valence-electron chi connectivity index (χ4n) is 2.40. The number of carbonyl (C=O) groups excluding carboxylic acids is 1. The lowest BCUT2D eigenvalue weighted by Gasteiger charge is -2.12. The van der Waals surface area contributed by atoms with Gasteiger partial charge in [-0.3, -0.25) is 14.2 Å². The summed E-state index contributed by atoms with van der Waals surface area (Å²) in [5.41, 5.74) is 0.519. The number of para-hydroxylation sites is 2. The van der Waals surface area contributed by atoms with Gasteiger partial charge < -0.3 is 10.1 Å². The number of hydrogen-bond acceptors (Lipinski definition) is 5. The van der Waals surface area contributed by atoms with Crippen LogP contribution in [-0.2, 0) is 11.3 Å². The smallest absolute Gasteiger partial charge is 0.262 e. The molecule has 0 radical (unpaired) electrons. The topological polar surface area (TPSA) is 73.2 Å². The molecule has 0 atom stereocenters. The Bertz CT molecular complexity index is 932. The van der Waals surface area contributed by atoms with Crippen LogP contribution in [0.2, 0.25) is 0 Å². The molecule has 0 saturated carbocycles. The van der Waals surface area contributed by atoms with Crippen molar-refractivity contribution in [2.45, 2.75) is 26.3 Å². The molecular weight excluding hydrogens is 338 g/mol. The number of carbonyl (C=O) groups is 1. The number of anilines is 1. The van der Waals surface area contributed by atoms with Gasteiger partial charge in [0.2, 0.25) is 5.91 Å².